The summed E-state index contributed by atoms with van der Waals surface area (Å²) in [5.41, 5.74) is -0.0414. The first-order valence-corrected chi connectivity index (χ1v) is 8.35. The predicted octanol–water partition coefficient (Wildman–Crippen LogP) is 2.93. The number of aromatic nitrogens is 1. The minimum Gasteiger partial charge on any atom is -0.444 e. The average Bonchev–Trinajstić information content (AvgIpc) is 2.54. The van der Waals surface area contributed by atoms with E-state index in [0.717, 1.165) is 12.8 Å². The van der Waals surface area contributed by atoms with Crippen molar-refractivity contribution in [2.75, 3.05) is 26.3 Å². The predicted molar refractivity (Wildman–Crippen MR) is 89.9 cm³/mol. The number of nitrogens with zero attached hydrogens (tertiary/aromatic N) is 2. The highest BCUT2D eigenvalue weighted by Gasteiger charge is 2.27. The number of carbonyl (C=O) groups excluding carboxylic acids is 2. The largest absolute Gasteiger partial charge is 0.444 e. The van der Waals surface area contributed by atoms with E-state index in [2.05, 4.69) is 4.98 Å². The smallest absolute Gasteiger partial charge is 0.410 e. The van der Waals surface area contributed by atoms with Crippen LogP contribution in [0.5, 0.6) is 0 Å². The minimum absolute atomic E-state index is 0.0449. The van der Waals surface area contributed by atoms with Gasteiger partial charge in [-0.1, -0.05) is 6.07 Å². The second-order valence-electron chi connectivity index (χ2n) is 7.06. The van der Waals surface area contributed by atoms with E-state index in [-0.39, 0.29) is 18.5 Å². The number of ether oxygens (including phenoxy) is 2. The van der Waals surface area contributed by atoms with Crippen molar-refractivity contribution < 1.29 is 19.1 Å². The summed E-state index contributed by atoms with van der Waals surface area (Å²) >= 11 is 0. The lowest BCUT2D eigenvalue weighted by atomic mass is 9.98. The molecule has 1 aromatic heterocycles. The lowest BCUT2D eigenvalue weighted by Gasteiger charge is -2.33. The molecule has 2 heterocycles. The van der Waals surface area contributed by atoms with Crippen LogP contribution in [0.3, 0.4) is 0 Å². The third kappa shape index (κ3) is 5.92. The molecule has 1 amide bonds. The Bertz CT molecular complexity index is 546. The SMILES string of the molecule is CC(C)(C)OC(=O)N1CCC(COCC(=O)c2ccccn2)CC1. The fourth-order valence-electron chi connectivity index (χ4n) is 2.53. The van der Waals surface area contributed by atoms with E-state index in [1.807, 2.05) is 20.8 Å². The van der Waals surface area contributed by atoms with Gasteiger partial charge in [0.1, 0.15) is 17.9 Å². The van der Waals surface area contributed by atoms with Crippen LogP contribution in [0, 0.1) is 5.92 Å². The van der Waals surface area contributed by atoms with Crippen molar-refractivity contribution in [1.82, 2.24) is 9.88 Å². The molecule has 0 aliphatic carbocycles. The zero-order valence-corrected chi connectivity index (χ0v) is 14.7. The van der Waals surface area contributed by atoms with Gasteiger partial charge in [-0.15, -0.1) is 0 Å². The summed E-state index contributed by atoms with van der Waals surface area (Å²) in [6.45, 7) is 7.50. The molecular weight excluding hydrogens is 308 g/mol. The maximum absolute atomic E-state index is 12.0. The highest BCUT2D eigenvalue weighted by Crippen LogP contribution is 2.20. The van der Waals surface area contributed by atoms with Gasteiger partial charge in [0.15, 0.2) is 0 Å². The molecule has 1 fully saturated rings. The summed E-state index contributed by atoms with van der Waals surface area (Å²) in [5, 5.41) is 0. The van der Waals surface area contributed by atoms with Crippen molar-refractivity contribution >= 4 is 11.9 Å². The number of carbonyl (C=O) groups is 2. The van der Waals surface area contributed by atoms with E-state index in [0.29, 0.717) is 31.3 Å². The Morgan fingerprint density at radius 1 is 1.25 bits per heavy atom. The first kappa shape index (κ1) is 18.4. The van der Waals surface area contributed by atoms with Crippen LogP contribution in [0.1, 0.15) is 44.1 Å². The molecule has 24 heavy (non-hydrogen) atoms. The number of hydrogen-bond acceptors (Lipinski definition) is 5. The monoisotopic (exact) mass is 334 g/mol. The molecular formula is C18H26N2O4. The number of piperidine rings is 1. The zero-order valence-electron chi connectivity index (χ0n) is 14.7. The number of likely N-dealkylation sites (tertiary alicyclic amines) is 1. The number of rotatable bonds is 5. The van der Waals surface area contributed by atoms with Crippen LogP contribution in [0.25, 0.3) is 0 Å². The molecule has 0 saturated carbocycles. The van der Waals surface area contributed by atoms with Crippen molar-refractivity contribution in [2.45, 2.75) is 39.2 Å². The number of amides is 1. The van der Waals surface area contributed by atoms with Gasteiger partial charge in [-0.05, 0) is 51.7 Å². The van der Waals surface area contributed by atoms with Crippen LogP contribution in [0.15, 0.2) is 24.4 Å². The highest BCUT2D eigenvalue weighted by molar-refractivity contribution is 5.95. The first-order chi connectivity index (χ1) is 11.3. The van der Waals surface area contributed by atoms with E-state index >= 15 is 0 Å². The molecule has 0 aromatic carbocycles. The molecule has 0 unspecified atom stereocenters. The van der Waals surface area contributed by atoms with Crippen molar-refractivity contribution in [3.63, 3.8) is 0 Å². The van der Waals surface area contributed by atoms with Crippen molar-refractivity contribution in [3.05, 3.63) is 30.1 Å². The maximum atomic E-state index is 12.0. The Labute approximate surface area is 143 Å². The molecule has 0 bridgehead atoms. The summed E-state index contributed by atoms with van der Waals surface area (Å²) in [5.74, 6) is 0.252. The van der Waals surface area contributed by atoms with E-state index in [9.17, 15) is 9.59 Å². The summed E-state index contributed by atoms with van der Waals surface area (Å²) in [4.78, 5) is 29.7. The number of hydrogen-bond donors (Lipinski definition) is 0. The summed E-state index contributed by atoms with van der Waals surface area (Å²) in [6.07, 6.45) is 3.06. The van der Waals surface area contributed by atoms with Crippen LogP contribution in [-0.2, 0) is 9.47 Å². The Morgan fingerprint density at radius 3 is 2.54 bits per heavy atom. The van der Waals surface area contributed by atoms with Crippen LogP contribution in [0.2, 0.25) is 0 Å². The van der Waals surface area contributed by atoms with E-state index in [1.54, 1.807) is 29.3 Å². The van der Waals surface area contributed by atoms with Crippen LogP contribution in [0.4, 0.5) is 4.79 Å². The van der Waals surface area contributed by atoms with Gasteiger partial charge in [0.25, 0.3) is 0 Å². The van der Waals surface area contributed by atoms with E-state index < -0.39 is 5.60 Å². The van der Waals surface area contributed by atoms with Gasteiger partial charge < -0.3 is 14.4 Å². The third-order valence-corrected chi connectivity index (χ3v) is 3.80. The number of pyridine rings is 1. The fraction of sp³-hybridized carbons (Fsp3) is 0.611. The van der Waals surface area contributed by atoms with Crippen LogP contribution in [-0.4, -0.2) is 53.7 Å². The van der Waals surface area contributed by atoms with Crippen molar-refractivity contribution in [2.24, 2.45) is 5.92 Å². The van der Waals surface area contributed by atoms with Crippen LogP contribution < -0.4 is 0 Å². The van der Waals surface area contributed by atoms with Gasteiger partial charge in [-0.3, -0.25) is 9.78 Å². The summed E-state index contributed by atoms with van der Waals surface area (Å²) in [7, 11) is 0. The highest BCUT2D eigenvalue weighted by atomic mass is 16.6. The minimum atomic E-state index is -0.469. The Balaban J connectivity index is 1.66. The van der Waals surface area contributed by atoms with Gasteiger partial charge in [-0.25, -0.2) is 4.79 Å². The van der Waals surface area contributed by atoms with Gasteiger partial charge in [0.2, 0.25) is 5.78 Å². The summed E-state index contributed by atoms with van der Waals surface area (Å²) in [6, 6.07) is 5.24. The molecule has 0 atom stereocenters. The quantitative estimate of drug-likeness (QED) is 0.775. The van der Waals surface area contributed by atoms with E-state index in [4.69, 9.17) is 9.47 Å². The number of ketones is 1. The van der Waals surface area contributed by atoms with Gasteiger partial charge >= 0.3 is 6.09 Å². The van der Waals surface area contributed by atoms with Crippen molar-refractivity contribution in [1.29, 1.82) is 0 Å². The molecule has 1 saturated heterocycles. The molecule has 132 valence electrons. The first-order valence-electron chi connectivity index (χ1n) is 8.35. The van der Waals surface area contributed by atoms with Crippen LogP contribution >= 0.6 is 0 Å². The molecule has 2 rings (SSSR count). The zero-order chi connectivity index (χ0) is 17.6. The molecule has 6 nitrogen and oxygen atoms in total. The van der Waals surface area contributed by atoms with Gasteiger partial charge in [0.05, 0.1) is 6.61 Å². The lowest BCUT2D eigenvalue weighted by molar-refractivity contribution is 0.0123. The second kappa shape index (κ2) is 8.24. The third-order valence-electron chi connectivity index (χ3n) is 3.80. The Hall–Kier alpha value is -1.95. The molecule has 1 aromatic rings. The molecule has 0 spiro atoms. The average molecular weight is 334 g/mol. The second-order valence-corrected chi connectivity index (χ2v) is 7.06. The Kier molecular flexibility index (Phi) is 6.31. The van der Waals surface area contributed by atoms with Crippen molar-refractivity contribution in [3.8, 4) is 0 Å². The molecule has 1 aliphatic heterocycles. The molecule has 6 heteroatoms. The van der Waals surface area contributed by atoms with Gasteiger partial charge in [0, 0.05) is 19.3 Å². The summed E-state index contributed by atoms with van der Waals surface area (Å²) < 4.78 is 10.9. The van der Waals surface area contributed by atoms with Gasteiger partial charge in [-0.2, -0.15) is 0 Å². The normalized spacial score (nSPS) is 16.0. The molecule has 0 N–H and O–H groups in total. The topological polar surface area (TPSA) is 68.7 Å². The molecule has 0 radical (unpaired) electrons. The Morgan fingerprint density at radius 2 is 1.96 bits per heavy atom. The number of Topliss-reactive ketones (excluding diaryl/α,β-unsaturated/α-hetero) is 1. The maximum Gasteiger partial charge on any atom is 0.410 e. The molecule has 1 aliphatic rings. The fourth-order valence-corrected chi connectivity index (χ4v) is 2.53. The standard InChI is InChI=1S/C18H26N2O4/c1-18(2,3)24-17(22)20-10-7-14(8-11-20)12-23-13-16(21)15-6-4-5-9-19-15/h4-6,9,14H,7-8,10-13H2,1-3H3. The van der Waals surface area contributed by atoms with E-state index in [1.165, 1.54) is 0 Å². The lowest BCUT2D eigenvalue weighted by Crippen LogP contribution is -2.42.